The van der Waals surface area contributed by atoms with Crippen LogP contribution >= 0.6 is 11.3 Å². The second-order valence-electron chi connectivity index (χ2n) is 6.57. The fraction of sp³-hybridized carbons (Fsp3) is 0.444. The van der Waals surface area contributed by atoms with Crippen LogP contribution in [0.25, 0.3) is 0 Å². The summed E-state index contributed by atoms with van der Waals surface area (Å²) in [5.74, 6) is 0.508. The van der Waals surface area contributed by atoms with E-state index in [1.165, 1.54) is 42.6 Å². The van der Waals surface area contributed by atoms with Crippen molar-refractivity contribution >= 4 is 22.2 Å². The van der Waals surface area contributed by atoms with Crippen LogP contribution in [0.15, 0.2) is 30.5 Å². The summed E-state index contributed by atoms with van der Waals surface area (Å²) in [5.41, 5.74) is 2.00. The largest absolute Gasteiger partial charge is 0.312 e. The average Bonchev–Trinajstić information content (AvgIpc) is 3.17. The second-order valence-corrected chi connectivity index (χ2v) is 7.80. The SMILES string of the molecule is Cc1ncc(NC(=O)c2cccc(C3CC3NC3CCC3)c2)s1. The van der Waals surface area contributed by atoms with Crippen LogP contribution in [0.5, 0.6) is 0 Å². The first kappa shape index (κ1) is 14.8. The van der Waals surface area contributed by atoms with Crippen molar-refractivity contribution in [2.24, 2.45) is 0 Å². The molecule has 4 nitrogen and oxygen atoms in total. The van der Waals surface area contributed by atoms with Crippen molar-refractivity contribution in [3.8, 4) is 0 Å². The molecular formula is C18H21N3OS. The van der Waals surface area contributed by atoms with Gasteiger partial charge in [0.1, 0.15) is 5.00 Å². The molecule has 2 fully saturated rings. The minimum Gasteiger partial charge on any atom is -0.312 e. The number of amides is 1. The standard InChI is InChI=1S/C18H21N3OS/c1-11-19-10-17(23-11)21-18(22)13-5-2-4-12(8-13)15-9-16(15)20-14-6-3-7-14/h2,4-5,8,10,14-16,20H,3,6-7,9H2,1H3,(H,21,22). The maximum atomic E-state index is 12.4. The molecule has 2 unspecified atom stereocenters. The highest BCUT2D eigenvalue weighted by atomic mass is 32.1. The van der Waals surface area contributed by atoms with Gasteiger partial charge in [0.15, 0.2) is 0 Å². The summed E-state index contributed by atoms with van der Waals surface area (Å²) in [6.45, 7) is 1.93. The van der Waals surface area contributed by atoms with Crippen LogP contribution in [0.2, 0.25) is 0 Å². The van der Waals surface area contributed by atoms with Crippen molar-refractivity contribution in [2.45, 2.75) is 50.6 Å². The van der Waals surface area contributed by atoms with E-state index < -0.39 is 0 Å². The lowest BCUT2D eigenvalue weighted by Gasteiger charge is -2.26. The molecule has 2 aliphatic carbocycles. The number of nitrogens with one attached hydrogen (secondary N) is 2. The van der Waals surface area contributed by atoms with E-state index in [1.807, 2.05) is 25.1 Å². The van der Waals surface area contributed by atoms with Crippen LogP contribution in [0.4, 0.5) is 5.00 Å². The lowest BCUT2D eigenvalue weighted by molar-refractivity contribution is 0.102. The zero-order valence-electron chi connectivity index (χ0n) is 13.2. The van der Waals surface area contributed by atoms with Gasteiger partial charge in [-0.15, -0.1) is 11.3 Å². The summed E-state index contributed by atoms with van der Waals surface area (Å²) in [6.07, 6.45) is 6.90. The zero-order valence-corrected chi connectivity index (χ0v) is 14.0. The molecule has 2 aliphatic rings. The van der Waals surface area contributed by atoms with Crippen molar-refractivity contribution in [1.29, 1.82) is 0 Å². The molecule has 1 aromatic heterocycles. The Balaban J connectivity index is 1.41. The molecule has 0 bridgehead atoms. The van der Waals surface area contributed by atoms with E-state index in [4.69, 9.17) is 0 Å². The van der Waals surface area contributed by atoms with Gasteiger partial charge < -0.3 is 10.6 Å². The van der Waals surface area contributed by atoms with Gasteiger partial charge in [0.25, 0.3) is 5.91 Å². The van der Waals surface area contributed by atoms with Gasteiger partial charge in [0, 0.05) is 23.6 Å². The smallest absolute Gasteiger partial charge is 0.256 e. The number of nitrogens with zero attached hydrogens (tertiary/aromatic N) is 1. The fourth-order valence-corrected chi connectivity index (χ4v) is 3.81. The highest BCUT2D eigenvalue weighted by molar-refractivity contribution is 7.15. The van der Waals surface area contributed by atoms with Gasteiger partial charge >= 0.3 is 0 Å². The van der Waals surface area contributed by atoms with Crippen molar-refractivity contribution in [2.75, 3.05) is 5.32 Å². The Hall–Kier alpha value is -1.72. The van der Waals surface area contributed by atoms with Crippen LogP contribution in [0.1, 0.15) is 52.5 Å². The predicted octanol–water partition coefficient (Wildman–Crippen LogP) is 3.70. The van der Waals surface area contributed by atoms with Crippen LogP contribution in [-0.4, -0.2) is 23.0 Å². The van der Waals surface area contributed by atoms with Crippen molar-refractivity contribution in [3.63, 3.8) is 0 Å². The summed E-state index contributed by atoms with van der Waals surface area (Å²) >= 11 is 1.50. The molecule has 0 radical (unpaired) electrons. The van der Waals surface area contributed by atoms with Crippen LogP contribution in [0.3, 0.4) is 0 Å². The summed E-state index contributed by atoms with van der Waals surface area (Å²) < 4.78 is 0. The number of anilines is 1. The molecule has 0 saturated heterocycles. The number of hydrogen-bond acceptors (Lipinski definition) is 4. The lowest BCUT2D eigenvalue weighted by atomic mass is 9.93. The summed E-state index contributed by atoms with van der Waals surface area (Å²) in [5, 5.41) is 8.41. The molecule has 1 heterocycles. The van der Waals surface area contributed by atoms with E-state index in [0.717, 1.165) is 21.6 Å². The van der Waals surface area contributed by atoms with E-state index >= 15 is 0 Å². The van der Waals surface area contributed by atoms with E-state index in [-0.39, 0.29) is 5.91 Å². The summed E-state index contributed by atoms with van der Waals surface area (Å²) in [4.78, 5) is 16.6. The van der Waals surface area contributed by atoms with Crippen molar-refractivity contribution in [3.05, 3.63) is 46.6 Å². The molecule has 5 heteroatoms. The minimum atomic E-state index is -0.0559. The normalized spacial score (nSPS) is 23.3. The van der Waals surface area contributed by atoms with Gasteiger partial charge in [-0.05, 0) is 43.9 Å². The number of benzene rings is 1. The van der Waals surface area contributed by atoms with Gasteiger partial charge in [-0.25, -0.2) is 4.98 Å². The van der Waals surface area contributed by atoms with E-state index in [2.05, 4.69) is 21.7 Å². The Labute approximate surface area is 140 Å². The molecule has 0 aliphatic heterocycles. The van der Waals surface area contributed by atoms with Gasteiger partial charge in [-0.2, -0.15) is 0 Å². The molecule has 23 heavy (non-hydrogen) atoms. The average molecular weight is 327 g/mol. The first-order chi connectivity index (χ1) is 11.2. The summed E-state index contributed by atoms with van der Waals surface area (Å²) in [6, 6.07) is 9.37. The van der Waals surface area contributed by atoms with E-state index in [1.54, 1.807) is 6.20 Å². The van der Waals surface area contributed by atoms with E-state index in [9.17, 15) is 4.79 Å². The predicted molar refractivity (Wildman–Crippen MR) is 93.2 cm³/mol. The molecule has 1 amide bonds. The molecule has 120 valence electrons. The number of rotatable bonds is 5. The summed E-state index contributed by atoms with van der Waals surface area (Å²) in [7, 11) is 0. The van der Waals surface area contributed by atoms with Gasteiger partial charge in [0.2, 0.25) is 0 Å². The monoisotopic (exact) mass is 327 g/mol. The third kappa shape index (κ3) is 3.31. The Morgan fingerprint density at radius 3 is 2.91 bits per heavy atom. The second kappa shape index (κ2) is 6.06. The highest BCUT2D eigenvalue weighted by Gasteiger charge is 2.40. The Kier molecular flexibility index (Phi) is 3.91. The molecule has 2 atom stereocenters. The third-order valence-electron chi connectivity index (χ3n) is 4.78. The quantitative estimate of drug-likeness (QED) is 0.880. The van der Waals surface area contributed by atoms with Gasteiger partial charge in [-0.3, -0.25) is 4.79 Å². The molecule has 1 aromatic carbocycles. The maximum absolute atomic E-state index is 12.4. The number of thiazole rings is 1. The van der Waals surface area contributed by atoms with Crippen LogP contribution < -0.4 is 10.6 Å². The molecule has 2 saturated carbocycles. The molecule has 0 spiro atoms. The van der Waals surface area contributed by atoms with Crippen LogP contribution in [-0.2, 0) is 0 Å². The molecule has 2 N–H and O–H groups in total. The van der Waals surface area contributed by atoms with Gasteiger partial charge in [0.05, 0.1) is 11.2 Å². The minimum absolute atomic E-state index is 0.0559. The first-order valence-corrected chi connectivity index (χ1v) is 9.10. The zero-order chi connectivity index (χ0) is 15.8. The lowest BCUT2D eigenvalue weighted by Crippen LogP contribution is -2.37. The van der Waals surface area contributed by atoms with Crippen molar-refractivity contribution in [1.82, 2.24) is 10.3 Å². The highest BCUT2D eigenvalue weighted by Crippen LogP contribution is 2.42. The Morgan fingerprint density at radius 1 is 1.35 bits per heavy atom. The Bertz CT molecular complexity index is 723. The Morgan fingerprint density at radius 2 is 2.22 bits per heavy atom. The molecule has 2 aromatic rings. The van der Waals surface area contributed by atoms with E-state index in [0.29, 0.717) is 12.0 Å². The number of aromatic nitrogens is 1. The third-order valence-corrected chi connectivity index (χ3v) is 5.61. The van der Waals surface area contributed by atoms with Crippen molar-refractivity contribution < 1.29 is 4.79 Å². The number of aryl methyl sites for hydroxylation is 1. The first-order valence-electron chi connectivity index (χ1n) is 8.29. The number of carbonyl (C=O) groups excluding carboxylic acids is 1. The topological polar surface area (TPSA) is 54.0 Å². The van der Waals surface area contributed by atoms with Gasteiger partial charge in [-0.1, -0.05) is 18.6 Å². The number of hydrogen-bond donors (Lipinski definition) is 2. The molecular weight excluding hydrogens is 306 g/mol. The number of carbonyl (C=O) groups is 1. The molecule has 4 rings (SSSR count). The fourth-order valence-electron chi connectivity index (χ4n) is 3.14. The maximum Gasteiger partial charge on any atom is 0.256 e. The van der Waals surface area contributed by atoms with Crippen LogP contribution in [0, 0.1) is 6.92 Å².